The number of aryl methyl sites for hydroxylation is 1. The standard InChI is InChI=1S/C34H34O5/c1-36-33-22-26(17-20-31(33)38-24-28-10-5-3-6-11-28)14-9-15-30(35)19-16-27-18-21-32(34(23-27)37-2)39-25-29-12-7-4-8-13-29/h3-8,10-13,16-23H,9,14-15,24-25H2,1-2H3/b19-16+. The van der Waals surface area contributed by atoms with Crippen molar-refractivity contribution in [1.82, 2.24) is 0 Å². The van der Waals surface area contributed by atoms with E-state index in [9.17, 15) is 4.79 Å². The average molecular weight is 523 g/mol. The maximum Gasteiger partial charge on any atom is 0.161 e. The zero-order valence-electron chi connectivity index (χ0n) is 22.5. The van der Waals surface area contributed by atoms with Crippen molar-refractivity contribution in [2.24, 2.45) is 0 Å². The van der Waals surface area contributed by atoms with Crippen LogP contribution in [-0.2, 0) is 24.4 Å². The number of methoxy groups -OCH3 is 2. The molecule has 0 aliphatic carbocycles. The lowest BCUT2D eigenvalue weighted by molar-refractivity contribution is -0.114. The summed E-state index contributed by atoms with van der Waals surface area (Å²) in [4.78, 5) is 12.5. The highest BCUT2D eigenvalue weighted by atomic mass is 16.5. The van der Waals surface area contributed by atoms with Gasteiger partial charge in [0.05, 0.1) is 14.2 Å². The van der Waals surface area contributed by atoms with Crippen LogP contribution in [0, 0.1) is 0 Å². The fourth-order valence-electron chi connectivity index (χ4n) is 4.10. The molecule has 0 heterocycles. The molecule has 0 amide bonds. The van der Waals surface area contributed by atoms with Crippen LogP contribution < -0.4 is 18.9 Å². The summed E-state index contributed by atoms with van der Waals surface area (Å²) < 4.78 is 22.9. The second kappa shape index (κ2) is 14.4. The molecule has 0 fully saturated rings. The molecule has 0 radical (unpaired) electrons. The van der Waals surface area contributed by atoms with E-state index in [2.05, 4.69) is 0 Å². The van der Waals surface area contributed by atoms with Crippen molar-refractivity contribution in [1.29, 1.82) is 0 Å². The van der Waals surface area contributed by atoms with Gasteiger partial charge in [0.1, 0.15) is 13.2 Å². The Bertz CT molecular complexity index is 1360. The van der Waals surface area contributed by atoms with Gasteiger partial charge in [-0.25, -0.2) is 0 Å². The second-order valence-electron chi connectivity index (χ2n) is 9.10. The molecule has 0 saturated heterocycles. The maximum atomic E-state index is 12.5. The summed E-state index contributed by atoms with van der Waals surface area (Å²) >= 11 is 0. The monoisotopic (exact) mass is 522 g/mol. The van der Waals surface area contributed by atoms with Crippen LogP contribution in [0.25, 0.3) is 6.08 Å². The first kappa shape index (κ1) is 27.5. The smallest absolute Gasteiger partial charge is 0.161 e. The third-order valence-corrected chi connectivity index (χ3v) is 6.24. The largest absolute Gasteiger partial charge is 0.493 e. The molecule has 0 aliphatic rings. The van der Waals surface area contributed by atoms with Crippen molar-refractivity contribution >= 4 is 11.9 Å². The van der Waals surface area contributed by atoms with Crippen molar-refractivity contribution in [3.63, 3.8) is 0 Å². The molecule has 0 bridgehead atoms. The third kappa shape index (κ3) is 8.50. The summed E-state index contributed by atoms with van der Waals surface area (Å²) in [7, 11) is 3.25. The fraction of sp³-hybridized carbons (Fsp3) is 0.206. The predicted molar refractivity (Wildman–Crippen MR) is 155 cm³/mol. The Kier molecular flexibility index (Phi) is 10.2. The highest BCUT2D eigenvalue weighted by Crippen LogP contribution is 2.30. The van der Waals surface area contributed by atoms with Gasteiger partial charge in [-0.3, -0.25) is 4.79 Å². The van der Waals surface area contributed by atoms with Gasteiger partial charge < -0.3 is 18.9 Å². The number of ether oxygens (including phenoxy) is 4. The Morgan fingerprint density at radius 3 is 1.79 bits per heavy atom. The third-order valence-electron chi connectivity index (χ3n) is 6.24. The number of carbonyl (C=O) groups excluding carboxylic acids is 1. The predicted octanol–water partition coefficient (Wildman–Crippen LogP) is 7.47. The summed E-state index contributed by atoms with van der Waals surface area (Å²) in [5.74, 6) is 2.77. The highest BCUT2D eigenvalue weighted by Gasteiger charge is 2.08. The molecule has 0 spiro atoms. The van der Waals surface area contributed by atoms with E-state index in [0.29, 0.717) is 42.6 Å². The minimum absolute atomic E-state index is 0.0770. The molecule has 200 valence electrons. The van der Waals surface area contributed by atoms with Gasteiger partial charge >= 0.3 is 0 Å². The Morgan fingerprint density at radius 2 is 1.21 bits per heavy atom. The maximum absolute atomic E-state index is 12.5. The molecule has 0 unspecified atom stereocenters. The van der Waals surface area contributed by atoms with Gasteiger partial charge in [-0.1, -0.05) is 78.9 Å². The summed E-state index contributed by atoms with van der Waals surface area (Å²) in [6.45, 7) is 0.937. The van der Waals surface area contributed by atoms with Gasteiger partial charge in [-0.2, -0.15) is 0 Å². The number of hydrogen-bond acceptors (Lipinski definition) is 5. The molecule has 0 saturated carbocycles. The summed E-state index contributed by atoms with van der Waals surface area (Å²) in [6, 6.07) is 31.6. The number of ketones is 1. The number of hydrogen-bond donors (Lipinski definition) is 0. The zero-order chi connectivity index (χ0) is 27.3. The molecule has 0 atom stereocenters. The van der Waals surface area contributed by atoms with Crippen LogP contribution in [0.5, 0.6) is 23.0 Å². The number of benzene rings is 4. The fourth-order valence-corrected chi connectivity index (χ4v) is 4.10. The van der Waals surface area contributed by atoms with Crippen LogP contribution in [-0.4, -0.2) is 20.0 Å². The van der Waals surface area contributed by atoms with E-state index in [1.807, 2.05) is 103 Å². The van der Waals surface area contributed by atoms with Crippen molar-refractivity contribution < 1.29 is 23.7 Å². The van der Waals surface area contributed by atoms with Gasteiger partial charge in [0, 0.05) is 6.42 Å². The quantitative estimate of drug-likeness (QED) is 0.161. The first-order valence-electron chi connectivity index (χ1n) is 13.0. The molecule has 4 rings (SSSR count). The van der Waals surface area contributed by atoms with E-state index >= 15 is 0 Å². The zero-order valence-corrected chi connectivity index (χ0v) is 22.5. The second-order valence-corrected chi connectivity index (χ2v) is 9.10. The SMILES string of the molecule is COc1cc(/C=C/C(=O)CCCc2ccc(OCc3ccccc3)c(OC)c2)ccc1OCc1ccccc1. The first-order valence-corrected chi connectivity index (χ1v) is 13.0. The minimum Gasteiger partial charge on any atom is -0.493 e. The summed E-state index contributed by atoms with van der Waals surface area (Å²) in [5, 5.41) is 0. The van der Waals surface area contributed by atoms with Gasteiger partial charge in [0.25, 0.3) is 0 Å². The Hall–Kier alpha value is -4.51. The van der Waals surface area contributed by atoms with Crippen molar-refractivity contribution in [2.75, 3.05) is 14.2 Å². The van der Waals surface area contributed by atoms with Crippen molar-refractivity contribution in [3.8, 4) is 23.0 Å². The molecule has 4 aromatic carbocycles. The van der Waals surface area contributed by atoms with Crippen LogP contribution >= 0.6 is 0 Å². The molecular weight excluding hydrogens is 488 g/mol. The van der Waals surface area contributed by atoms with E-state index in [1.54, 1.807) is 20.3 Å². The first-order chi connectivity index (χ1) is 19.1. The van der Waals surface area contributed by atoms with Gasteiger partial charge in [0.15, 0.2) is 28.8 Å². The highest BCUT2D eigenvalue weighted by molar-refractivity contribution is 5.93. The Balaban J connectivity index is 1.25. The Labute approximate surface area is 230 Å². The van der Waals surface area contributed by atoms with Crippen molar-refractivity contribution in [2.45, 2.75) is 32.5 Å². The van der Waals surface area contributed by atoms with Gasteiger partial charge in [-0.05, 0) is 65.4 Å². The number of carbonyl (C=O) groups is 1. The van der Waals surface area contributed by atoms with Crippen LogP contribution in [0.2, 0.25) is 0 Å². The molecule has 39 heavy (non-hydrogen) atoms. The lowest BCUT2D eigenvalue weighted by atomic mass is 10.1. The van der Waals surface area contributed by atoms with E-state index in [-0.39, 0.29) is 5.78 Å². The molecule has 0 aromatic heterocycles. The molecule has 5 heteroatoms. The average Bonchev–Trinajstić information content (AvgIpc) is 2.99. The van der Waals surface area contributed by atoms with E-state index in [4.69, 9.17) is 18.9 Å². The van der Waals surface area contributed by atoms with Crippen LogP contribution in [0.4, 0.5) is 0 Å². The number of allylic oxidation sites excluding steroid dienone is 1. The lowest BCUT2D eigenvalue weighted by Crippen LogP contribution is -1.99. The minimum atomic E-state index is 0.0770. The molecule has 5 nitrogen and oxygen atoms in total. The van der Waals surface area contributed by atoms with E-state index < -0.39 is 0 Å². The van der Waals surface area contributed by atoms with Crippen LogP contribution in [0.15, 0.2) is 103 Å². The van der Waals surface area contributed by atoms with E-state index in [0.717, 1.165) is 35.1 Å². The van der Waals surface area contributed by atoms with Crippen LogP contribution in [0.1, 0.15) is 35.1 Å². The summed E-state index contributed by atoms with van der Waals surface area (Å²) in [5.41, 5.74) is 4.16. The lowest BCUT2D eigenvalue weighted by Gasteiger charge is -2.12. The van der Waals surface area contributed by atoms with Gasteiger partial charge in [0.2, 0.25) is 0 Å². The normalized spacial score (nSPS) is 10.8. The topological polar surface area (TPSA) is 54.0 Å². The molecule has 0 aliphatic heterocycles. The van der Waals surface area contributed by atoms with Crippen molar-refractivity contribution in [3.05, 3.63) is 125 Å². The van der Waals surface area contributed by atoms with Crippen LogP contribution in [0.3, 0.4) is 0 Å². The summed E-state index contributed by atoms with van der Waals surface area (Å²) in [6.07, 6.45) is 5.41. The number of rotatable bonds is 14. The Morgan fingerprint density at radius 1 is 0.641 bits per heavy atom. The van der Waals surface area contributed by atoms with E-state index in [1.165, 1.54) is 0 Å². The molecular formula is C34H34O5. The molecule has 0 N–H and O–H groups in total. The molecule has 4 aromatic rings. The van der Waals surface area contributed by atoms with Gasteiger partial charge in [-0.15, -0.1) is 0 Å².